The molecule has 0 aliphatic heterocycles. The van der Waals surface area contributed by atoms with Crippen molar-refractivity contribution in [2.24, 2.45) is 0 Å². The molecule has 4 rings (SSSR count). The number of anilines is 3. The van der Waals surface area contributed by atoms with Crippen LogP contribution in [0.1, 0.15) is 16.7 Å². The number of benzene rings is 4. The van der Waals surface area contributed by atoms with Crippen molar-refractivity contribution in [3.63, 3.8) is 0 Å². The number of hydrogen-bond donors (Lipinski definition) is 0. The average molecular weight is 392 g/mol. The summed E-state index contributed by atoms with van der Waals surface area (Å²) >= 11 is 0. The molecular formula is C28H25NO. The van der Waals surface area contributed by atoms with Gasteiger partial charge in [-0.2, -0.15) is 0 Å². The monoisotopic (exact) mass is 391 g/mol. The number of para-hydroxylation sites is 2. The predicted molar refractivity (Wildman–Crippen MR) is 128 cm³/mol. The largest absolute Gasteiger partial charge is 0.496 e. The van der Waals surface area contributed by atoms with Crippen LogP contribution in [0.25, 0.3) is 12.2 Å². The third kappa shape index (κ3) is 4.13. The third-order valence-corrected chi connectivity index (χ3v) is 5.09. The molecule has 0 saturated heterocycles. The van der Waals surface area contributed by atoms with Gasteiger partial charge in [0.05, 0.1) is 12.8 Å². The van der Waals surface area contributed by atoms with Gasteiger partial charge in [0.1, 0.15) is 5.75 Å². The summed E-state index contributed by atoms with van der Waals surface area (Å²) in [4.78, 5) is 2.27. The molecular weight excluding hydrogens is 366 g/mol. The van der Waals surface area contributed by atoms with Gasteiger partial charge in [-0.15, -0.1) is 0 Å². The molecule has 0 aromatic heterocycles. The first-order valence-corrected chi connectivity index (χ1v) is 10.1. The summed E-state index contributed by atoms with van der Waals surface area (Å²) in [6.07, 6.45) is 4.28. The molecule has 2 heteroatoms. The molecule has 0 N–H and O–H groups in total. The topological polar surface area (TPSA) is 12.5 Å². The van der Waals surface area contributed by atoms with Crippen molar-refractivity contribution in [3.05, 3.63) is 120 Å². The van der Waals surface area contributed by atoms with E-state index in [4.69, 9.17) is 4.74 Å². The fourth-order valence-corrected chi connectivity index (χ4v) is 3.65. The van der Waals surface area contributed by atoms with Crippen LogP contribution < -0.4 is 9.64 Å². The van der Waals surface area contributed by atoms with Crippen molar-refractivity contribution in [2.45, 2.75) is 6.92 Å². The van der Waals surface area contributed by atoms with Crippen molar-refractivity contribution in [2.75, 3.05) is 12.0 Å². The Morgan fingerprint density at radius 1 is 0.633 bits per heavy atom. The third-order valence-electron chi connectivity index (χ3n) is 5.09. The highest BCUT2D eigenvalue weighted by Gasteiger charge is 2.18. The van der Waals surface area contributed by atoms with E-state index in [-0.39, 0.29) is 0 Å². The number of rotatable bonds is 6. The summed E-state index contributed by atoms with van der Waals surface area (Å²) in [6.45, 7) is 2.08. The first-order valence-electron chi connectivity index (χ1n) is 10.1. The Morgan fingerprint density at radius 3 is 1.70 bits per heavy atom. The Bertz CT molecular complexity index is 1080. The maximum absolute atomic E-state index is 5.85. The lowest BCUT2D eigenvalue weighted by atomic mass is 10.0. The van der Waals surface area contributed by atoms with E-state index >= 15 is 0 Å². The Hall–Kier alpha value is -3.78. The molecule has 0 aliphatic carbocycles. The van der Waals surface area contributed by atoms with Crippen LogP contribution in [0.4, 0.5) is 17.1 Å². The summed E-state index contributed by atoms with van der Waals surface area (Å²) < 4.78 is 5.85. The molecule has 4 aromatic carbocycles. The Labute approximate surface area is 178 Å². The van der Waals surface area contributed by atoms with Gasteiger partial charge in [0.2, 0.25) is 0 Å². The lowest BCUT2D eigenvalue weighted by Crippen LogP contribution is -2.12. The van der Waals surface area contributed by atoms with Gasteiger partial charge in [0.25, 0.3) is 0 Å². The molecule has 0 bridgehead atoms. The highest BCUT2D eigenvalue weighted by Crippen LogP contribution is 2.41. The molecule has 2 nitrogen and oxygen atoms in total. The molecule has 0 amide bonds. The molecule has 30 heavy (non-hydrogen) atoms. The zero-order valence-corrected chi connectivity index (χ0v) is 17.3. The molecule has 0 atom stereocenters. The zero-order valence-electron chi connectivity index (χ0n) is 17.3. The van der Waals surface area contributed by atoms with Crippen LogP contribution in [0.5, 0.6) is 5.75 Å². The number of ether oxygens (including phenoxy) is 1. The molecule has 0 heterocycles. The van der Waals surface area contributed by atoms with Crippen LogP contribution in [-0.4, -0.2) is 7.11 Å². The summed E-state index contributed by atoms with van der Waals surface area (Å²) in [5.41, 5.74) is 6.58. The van der Waals surface area contributed by atoms with Crippen molar-refractivity contribution < 1.29 is 4.74 Å². The quantitative estimate of drug-likeness (QED) is 0.313. The summed E-state index contributed by atoms with van der Waals surface area (Å²) in [5.74, 6) is 0.886. The molecule has 0 spiro atoms. The first-order chi connectivity index (χ1) is 14.8. The highest BCUT2D eigenvalue weighted by atomic mass is 16.5. The summed E-state index contributed by atoms with van der Waals surface area (Å²) in [6, 6.07) is 35.5. The van der Waals surface area contributed by atoms with E-state index in [2.05, 4.69) is 96.8 Å². The smallest absolute Gasteiger partial charge is 0.131 e. The van der Waals surface area contributed by atoms with E-state index in [0.29, 0.717) is 0 Å². The maximum atomic E-state index is 5.85. The molecule has 0 saturated carbocycles. The van der Waals surface area contributed by atoms with E-state index < -0.39 is 0 Å². The Balaban J connectivity index is 1.92. The van der Waals surface area contributed by atoms with E-state index in [1.807, 2.05) is 30.3 Å². The van der Waals surface area contributed by atoms with Crippen LogP contribution in [0.3, 0.4) is 0 Å². The van der Waals surface area contributed by atoms with Crippen molar-refractivity contribution in [1.82, 2.24) is 0 Å². The summed E-state index contributed by atoms with van der Waals surface area (Å²) in [5, 5.41) is 0. The maximum Gasteiger partial charge on any atom is 0.131 e. The van der Waals surface area contributed by atoms with Crippen LogP contribution in [0, 0.1) is 6.92 Å². The van der Waals surface area contributed by atoms with Crippen LogP contribution in [0.2, 0.25) is 0 Å². The number of aryl methyl sites for hydroxylation is 1. The zero-order chi connectivity index (χ0) is 20.8. The normalized spacial score (nSPS) is 10.9. The van der Waals surface area contributed by atoms with Gasteiger partial charge in [-0.05, 0) is 54.5 Å². The van der Waals surface area contributed by atoms with Gasteiger partial charge in [0, 0.05) is 16.9 Å². The molecule has 0 fully saturated rings. The molecule has 4 aromatic rings. The number of nitrogens with zero attached hydrogens (tertiary/aromatic N) is 1. The SMILES string of the molecule is COc1c(C)ccc(N(c2ccccc2)c2ccccc2)c1/C=C/c1ccccc1. The lowest BCUT2D eigenvalue weighted by molar-refractivity contribution is 0.411. The lowest BCUT2D eigenvalue weighted by Gasteiger charge is -2.28. The van der Waals surface area contributed by atoms with Crippen LogP contribution in [-0.2, 0) is 0 Å². The highest BCUT2D eigenvalue weighted by molar-refractivity contribution is 5.88. The van der Waals surface area contributed by atoms with Gasteiger partial charge in [-0.25, -0.2) is 0 Å². The Kier molecular flexibility index (Phi) is 5.95. The van der Waals surface area contributed by atoms with Crippen LogP contribution >= 0.6 is 0 Å². The number of methoxy groups -OCH3 is 1. The second-order valence-electron chi connectivity index (χ2n) is 7.10. The fourth-order valence-electron chi connectivity index (χ4n) is 3.65. The van der Waals surface area contributed by atoms with Crippen molar-refractivity contribution >= 4 is 29.2 Å². The minimum Gasteiger partial charge on any atom is -0.496 e. The molecule has 0 radical (unpaired) electrons. The van der Waals surface area contributed by atoms with Gasteiger partial charge in [-0.3, -0.25) is 0 Å². The van der Waals surface area contributed by atoms with E-state index in [9.17, 15) is 0 Å². The van der Waals surface area contributed by atoms with Crippen molar-refractivity contribution in [1.29, 1.82) is 0 Å². The molecule has 0 unspecified atom stereocenters. The van der Waals surface area contributed by atoms with E-state index in [1.165, 1.54) is 0 Å². The minimum atomic E-state index is 0.886. The minimum absolute atomic E-state index is 0.886. The molecule has 0 aliphatic rings. The standard InChI is InChI=1S/C28H25NO/c1-22-18-21-27(26(28(22)30-2)20-19-23-12-6-3-7-13-23)29(24-14-8-4-9-15-24)25-16-10-5-11-17-25/h3-21H,1-2H3/b20-19+. The van der Waals surface area contributed by atoms with Crippen molar-refractivity contribution in [3.8, 4) is 5.75 Å². The Morgan fingerprint density at radius 2 is 1.17 bits per heavy atom. The summed E-state index contributed by atoms with van der Waals surface area (Å²) in [7, 11) is 1.74. The van der Waals surface area contributed by atoms with Gasteiger partial charge in [0.15, 0.2) is 0 Å². The number of hydrogen-bond acceptors (Lipinski definition) is 2. The van der Waals surface area contributed by atoms with E-state index in [1.54, 1.807) is 7.11 Å². The predicted octanol–water partition coefficient (Wildman–Crippen LogP) is 7.64. The second-order valence-corrected chi connectivity index (χ2v) is 7.10. The van der Waals surface area contributed by atoms with Gasteiger partial charge < -0.3 is 9.64 Å². The van der Waals surface area contributed by atoms with Gasteiger partial charge in [-0.1, -0.05) is 78.9 Å². The van der Waals surface area contributed by atoms with E-state index in [0.717, 1.165) is 39.5 Å². The second kappa shape index (κ2) is 9.15. The van der Waals surface area contributed by atoms with Crippen LogP contribution in [0.15, 0.2) is 103 Å². The average Bonchev–Trinajstić information content (AvgIpc) is 2.81. The fraction of sp³-hybridized carbons (Fsp3) is 0.0714. The van der Waals surface area contributed by atoms with Gasteiger partial charge >= 0.3 is 0 Å². The first kappa shape index (κ1) is 19.5. The molecule has 148 valence electrons.